The number of nitrogen functional groups attached to an aromatic ring is 1. The van der Waals surface area contributed by atoms with E-state index >= 15 is 0 Å². The molecule has 2 aliphatic rings. The van der Waals surface area contributed by atoms with Gasteiger partial charge in [-0.3, -0.25) is 14.4 Å². The second kappa shape index (κ2) is 15.0. The zero-order valence-corrected chi connectivity index (χ0v) is 31.0. The van der Waals surface area contributed by atoms with Gasteiger partial charge in [-0.15, -0.1) is 40.0 Å². The maximum Gasteiger partial charge on any atom is 1.00 e. The van der Waals surface area contributed by atoms with Crippen LogP contribution in [0.15, 0.2) is 33.6 Å². The number of hydrogen-bond donors (Lipinski definition) is 4. The van der Waals surface area contributed by atoms with Gasteiger partial charge in [0.05, 0.1) is 11.3 Å². The van der Waals surface area contributed by atoms with Crippen LogP contribution in [0.2, 0.25) is 5.02 Å². The van der Waals surface area contributed by atoms with E-state index in [2.05, 4.69) is 25.8 Å². The fraction of sp³-hybridized carbons (Fsp3) is 0.364. The smallest absolute Gasteiger partial charge is 1.00 e. The van der Waals surface area contributed by atoms with E-state index in [1.807, 2.05) is 0 Å². The molecule has 0 radical (unpaired) electrons. The van der Waals surface area contributed by atoms with E-state index in [9.17, 15) is 29.4 Å². The summed E-state index contributed by atoms with van der Waals surface area (Å²) in [6.45, 7) is -0.0330. The third-order valence-electron chi connectivity index (χ3n) is 6.42. The summed E-state index contributed by atoms with van der Waals surface area (Å²) >= 11 is 10.6. The van der Waals surface area contributed by atoms with E-state index in [1.54, 1.807) is 12.4 Å². The summed E-state index contributed by atoms with van der Waals surface area (Å²) in [6, 6.07) is 3.33. The number of tetrazole rings is 1. The molecule has 0 aliphatic carbocycles. The molecule has 14 nitrogen and oxygen atoms in total. The van der Waals surface area contributed by atoms with Crippen LogP contribution in [-0.4, -0.2) is 93.5 Å². The van der Waals surface area contributed by atoms with E-state index < -0.39 is 45.8 Å². The molecule has 4 heterocycles. The number of nitrogens with zero attached hydrogens (tertiary/aromatic N) is 6. The van der Waals surface area contributed by atoms with Crippen LogP contribution in [0.25, 0.3) is 0 Å². The van der Waals surface area contributed by atoms with Gasteiger partial charge < -0.3 is 29.0 Å². The molecule has 1 aromatic carbocycles. The molecule has 4 atom stereocenters. The summed E-state index contributed by atoms with van der Waals surface area (Å²) in [5, 5.41) is 34.7. The van der Waals surface area contributed by atoms with Crippen LogP contribution in [0, 0.1) is 5.41 Å². The number of thioether (sulfide) groups is 3. The van der Waals surface area contributed by atoms with Crippen LogP contribution >= 0.6 is 58.2 Å². The van der Waals surface area contributed by atoms with Gasteiger partial charge in [0, 0.05) is 40.4 Å². The Hall–Kier alpha value is -1.06. The standard InChI is InChI=1S/C22H21ClN8O6S4.2Na.2H/c1-30-21(27-28-29-30)40-8-22(19(36)37)6-31-16(33)13(17(31)39-7-22)26-15(32)14(11-5-38-20(24)25-11)41-12-4-9(23)2-3-10(12)18(34)35;;;;/h2-5,13-14,17H,6-8H2,1H3,(H2,24,25)(H,26,32)(H,34,35)(H,36,37);;;;/q;2*+1;2*-1/t13?,14?,17-,22?;;;;/m1..../s1. The zero-order chi connectivity index (χ0) is 29.5. The number of anilines is 1. The first-order valence-electron chi connectivity index (χ1n) is 11.7. The number of fused-ring (bicyclic) bond motifs is 1. The number of aryl methyl sites for hydroxylation is 1. The van der Waals surface area contributed by atoms with Gasteiger partial charge in [0.15, 0.2) is 5.13 Å². The van der Waals surface area contributed by atoms with Gasteiger partial charge in [0.1, 0.15) is 22.1 Å². The van der Waals surface area contributed by atoms with Gasteiger partial charge >= 0.3 is 71.1 Å². The number of benzene rings is 1. The quantitative estimate of drug-likeness (QED) is 0.0901. The van der Waals surface area contributed by atoms with Crippen LogP contribution in [0.3, 0.4) is 0 Å². The molecule has 5 N–H and O–H groups in total. The summed E-state index contributed by atoms with van der Waals surface area (Å²) in [4.78, 5) is 56.7. The first-order valence-corrected chi connectivity index (χ1v) is 15.9. The number of carbonyl (C=O) groups excluding carboxylic acids is 2. The van der Waals surface area contributed by atoms with E-state index in [0.29, 0.717) is 10.9 Å². The molecule has 2 amide bonds. The monoisotopic (exact) mass is 704 g/mol. The summed E-state index contributed by atoms with van der Waals surface area (Å²) < 4.78 is 1.44. The fourth-order valence-corrected chi connectivity index (χ4v) is 9.02. The first-order chi connectivity index (χ1) is 19.5. The van der Waals surface area contributed by atoms with Gasteiger partial charge in [-0.25, -0.2) is 14.5 Å². The predicted molar refractivity (Wildman–Crippen MR) is 155 cm³/mol. The Morgan fingerprint density at radius 2 is 2.07 bits per heavy atom. The number of carboxylic acids is 2. The molecule has 220 valence electrons. The fourth-order valence-electron chi connectivity index (χ4n) is 4.25. The second-order valence-electron chi connectivity index (χ2n) is 9.17. The molecule has 0 saturated carbocycles. The number of aromatic nitrogens is 5. The molecule has 3 aromatic rings. The number of rotatable bonds is 10. The van der Waals surface area contributed by atoms with Crippen molar-refractivity contribution in [3.63, 3.8) is 0 Å². The third-order valence-corrected chi connectivity index (χ3v) is 11.5. The Labute approximate surface area is 313 Å². The van der Waals surface area contributed by atoms with Gasteiger partial charge in [0.2, 0.25) is 17.0 Å². The van der Waals surface area contributed by atoms with Crippen LogP contribution in [0.5, 0.6) is 0 Å². The number of carboxylic acid groups (broad SMARTS) is 2. The van der Waals surface area contributed by atoms with Crippen molar-refractivity contribution in [2.24, 2.45) is 12.5 Å². The number of amides is 2. The number of carbonyl (C=O) groups is 4. The van der Waals surface area contributed by atoms with E-state index in [0.717, 1.165) is 23.1 Å². The largest absolute Gasteiger partial charge is 1.00 e. The Morgan fingerprint density at radius 1 is 1.33 bits per heavy atom. The Kier molecular flexibility index (Phi) is 12.7. The van der Waals surface area contributed by atoms with Crippen LogP contribution < -0.4 is 70.2 Å². The average Bonchev–Trinajstić information content (AvgIpc) is 3.55. The summed E-state index contributed by atoms with van der Waals surface area (Å²) in [5.74, 6) is -2.88. The topological polar surface area (TPSA) is 207 Å². The molecule has 2 fully saturated rings. The minimum absolute atomic E-state index is 0. The van der Waals surface area contributed by atoms with E-state index in [-0.39, 0.29) is 101 Å². The minimum Gasteiger partial charge on any atom is -1.00 e. The van der Waals surface area contributed by atoms with Crippen LogP contribution in [-0.2, 0) is 21.4 Å². The first kappa shape index (κ1) is 36.4. The molecular weight excluding hydrogens is 682 g/mol. The summed E-state index contributed by atoms with van der Waals surface area (Å²) in [6.07, 6.45) is 0. The number of nitrogens with two attached hydrogens (primary N) is 1. The van der Waals surface area contributed by atoms with Crippen molar-refractivity contribution >= 4 is 87.1 Å². The number of aromatic carboxylic acids is 1. The summed E-state index contributed by atoms with van der Waals surface area (Å²) in [5.41, 5.74) is 4.81. The molecule has 2 saturated heterocycles. The van der Waals surface area contributed by atoms with Crippen molar-refractivity contribution < 1.29 is 91.4 Å². The average molecular weight is 705 g/mol. The molecule has 2 aromatic heterocycles. The van der Waals surface area contributed by atoms with Crippen molar-refractivity contribution in [3.05, 3.63) is 39.9 Å². The third kappa shape index (κ3) is 7.67. The van der Waals surface area contributed by atoms with E-state index in [1.165, 1.54) is 51.3 Å². The SMILES string of the molecule is Cn1nnnc1SCC1(C(=O)O)CS[C@@H]2C(NC(=O)C(Sc3cc(Cl)ccc3C(=O)O)c3csc(N)n3)C(=O)N2C1.[H-].[H-].[Na+].[Na+]. The van der Waals surface area contributed by atoms with Crippen LogP contribution in [0.1, 0.15) is 24.2 Å². The molecule has 21 heteroatoms. The normalized spacial score (nSPS) is 21.4. The van der Waals surface area contributed by atoms with Gasteiger partial charge in [-0.1, -0.05) is 23.4 Å². The molecule has 5 rings (SSSR count). The molecule has 0 bridgehead atoms. The number of nitrogens with one attached hydrogen (secondary N) is 1. The summed E-state index contributed by atoms with van der Waals surface area (Å²) in [7, 11) is 1.65. The zero-order valence-electron chi connectivity index (χ0n) is 25.0. The van der Waals surface area contributed by atoms with Crippen LogP contribution in [0.4, 0.5) is 5.13 Å². The van der Waals surface area contributed by atoms with E-state index in [4.69, 9.17) is 17.3 Å². The second-order valence-corrected chi connectivity index (χ2v) is 13.7. The number of hydrogen-bond acceptors (Lipinski definition) is 13. The molecule has 43 heavy (non-hydrogen) atoms. The maximum absolute atomic E-state index is 13.6. The molecule has 2 aliphatic heterocycles. The van der Waals surface area contributed by atoms with Crippen molar-refractivity contribution in [2.45, 2.75) is 26.7 Å². The number of thiazole rings is 1. The Morgan fingerprint density at radius 3 is 2.67 bits per heavy atom. The maximum atomic E-state index is 13.6. The molecule has 0 spiro atoms. The van der Waals surface area contributed by atoms with Crippen molar-refractivity contribution in [3.8, 4) is 0 Å². The number of halogens is 1. The Balaban J connectivity index is 0.00000253. The predicted octanol–water partition coefficient (Wildman–Crippen LogP) is -4.07. The molecular formula is C22H23ClN8Na2O6S4. The number of aliphatic carboxylic acids is 1. The van der Waals surface area contributed by atoms with Crippen molar-refractivity contribution in [1.29, 1.82) is 0 Å². The minimum atomic E-state index is -1.24. The molecule has 3 unspecified atom stereocenters. The number of β-lactam (4-membered cyclic amide) rings is 1. The van der Waals surface area contributed by atoms with Crippen molar-refractivity contribution in [1.82, 2.24) is 35.4 Å². The van der Waals surface area contributed by atoms with Crippen molar-refractivity contribution in [2.75, 3.05) is 23.8 Å². The van der Waals surface area contributed by atoms with Gasteiger partial charge in [-0.2, -0.15) is 0 Å². The van der Waals surface area contributed by atoms with Gasteiger partial charge in [0.25, 0.3) is 0 Å². The van der Waals surface area contributed by atoms with Gasteiger partial charge in [-0.05, 0) is 28.6 Å². The Bertz CT molecular complexity index is 1560.